The van der Waals surface area contributed by atoms with Gasteiger partial charge in [0.25, 0.3) is 5.56 Å². The van der Waals surface area contributed by atoms with Gasteiger partial charge in [0.2, 0.25) is 5.91 Å². The predicted molar refractivity (Wildman–Crippen MR) is 131 cm³/mol. The summed E-state index contributed by atoms with van der Waals surface area (Å²) in [5.41, 5.74) is 3.17. The largest absolute Gasteiger partial charge is 0.321 e. The molecule has 4 aromatic rings. The van der Waals surface area contributed by atoms with E-state index in [-0.39, 0.29) is 17.9 Å². The van der Waals surface area contributed by atoms with Crippen molar-refractivity contribution in [3.05, 3.63) is 105 Å². The number of benzene rings is 3. The fraction of sp³-hybridized carbons (Fsp3) is 0.115. The van der Waals surface area contributed by atoms with Crippen LogP contribution in [0.5, 0.6) is 0 Å². The second-order valence-corrected chi connectivity index (χ2v) is 8.83. The number of nitrogens with zero attached hydrogens (tertiary/aromatic N) is 2. The van der Waals surface area contributed by atoms with Crippen LogP contribution in [0.3, 0.4) is 0 Å². The summed E-state index contributed by atoms with van der Waals surface area (Å²) >= 11 is 3.53. The average Bonchev–Trinajstić information content (AvgIpc) is 3.24. The minimum atomic E-state index is -0.625. The van der Waals surface area contributed by atoms with Crippen molar-refractivity contribution in [3.8, 4) is 11.1 Å². The smallest absolute Gasteiger partial charge is 0.258 e. The zero-order chi connectivity index (χ0) is 23.1. The van der Waals surface area contributed by atoms with Gasteiger partial charge >= 0.3 is 0 Å². The molecule has 1 aromatic heterocycles. The summed E-state index contributed by atoms with van der Waals surface area (Å²) in [5, 5.41) is 6.65. The highest BCUT2D eigenvalue weighted by Gasteiger charge is 2.35. The van der Waals surface area contributed by atoms with Gasteiger partial charge < -0.3 is 4.98 Å². The van der Waals surface area contributed by atoms with E-state index in [1.54, 1.807) is 18.2 Å². The van der Waals surface area contributed by atoms with Crippen molar-refractivity contribution in [2.45, 2.75) is 19.4 Å². The second-order valence-electron chi connectivity index (χ2n) is 7.91. The molecule has 2 heterocycles. The Morgan fingerprint density at radius 2 is 1.79 bits per heavy atom. The van der Waals surface area contributed by atoms with Crippen LogP contribution < -0.4 is 5.56 Å². The molecule has 0 fully saturated rings. The molecule has 3 aromatic carbocycles. The number of aromatic nitrogens is 1. The monoisotopic (exact) mass is 503 g/mol. The molecule has 0 saturated carbocycles. The van der Waals surface area contributed by atoms with Crippen LogP contribution in [0.25, 0.3) is 22.0 Å². The molecule has 1 N–H and O–H groups in total. The van der Waals surface area contributed by atoms with Gasteiger partial charge in [0.15, 0.2) is 0 Å². The lowest BCUT2D eigenvalue weighted by molar-refractivity contribution is -0.130. The van der Waals surface area contributed by atoms with Gasteiger partial charge in [0, 0.05) is 39.8 Å². The minimum Gasteiger partial charge on any atom is -0.321 e. The first kappa shape index (κ1) is 21.3. The van der Waals surface area contributed by atoms with Crippen LogP contribution in [0.4, 0.5) is 4.39 Å². The van der Waals surface area contributed by atoms with Gasteiger partial charge in [-0.1, -0.05) is 64.5 Å². The topological polar surface area (TPSA) is 65.5 Å². The summed E-state index contributed by atoms with van der Waals surface area (Å²) in [6.45, 7) is 1.39. The summed E-state index contributed by atoms with van der Waals surface area (Å²) in [4.78, 5) is 28.7. The van der Waals surface area contributed by atoms with Gasteiger partial charge in [-0.3, -0.25) is 9.59 Å². The van der Waals surface area contributed by atoms with E-state index < -0.39 is 11.9 Å². The second kappa shape index (κ2) is 8.41. The molecule has 164 valence electrons. The third kappa shape index (κ3) is 3.78. The van der Waals surface area contributed by atoms with Crippen molar-refractivity contribution in [2.24, 2.45) is 5.10 Å². The third-order valence-electron chi connectivity index (χ3n) is 5.82. The Morgan fingerprint density at radius 1 is 1.06 bits per heavy atom. The molecule has 0 aliphatic carbocycles. The zero-order valence-electron chi connectivity index (χ0n) is 17.7. The van der Waals surface area contributed by atoms with E-state index in [4.69, 9.17) is 0 Å². The molecule has 0 radical (unpaired) electrons. The van der Waals surface area contributed by atoms with Crippen LogP contribution in [-0.2, 0) is 4.79 Å². The Balaban J connectivity index is 1.76. The van der Waals surface area contributed by atoms with E-state index in [1.807, 2.05) is 48.5 Å². The van der Waals surface area contributed by atoms with E-state index in [0.29, 0.717) is 22.4 Å². The highest BCUT2D eigenvalue weighted by molar-refractivity contribution is 9.10. The van der Waals surface area contributed by atoms with E-state index in [2.05, 4.69) is 26.0 Å². The molecule has 5 rings (SSSR count). The van der Waals surface area contributed by atoms with Crippen LogP contribution >= 0.6 is 15.9 Å². The molecule has 5 nitrogen and oxygen atoms in total. The van der Waals surface area contributed by atoms with Crippen molar-refractivity contribution in [1.29, 1.82) is 0 Å². The molecule has 0 bridgehead atoms. The average molecular weight is 504 g/mol. The first-order chi connectivity index (χ1) is 15.9. The number of carbonyl (C=O) groups is 1. The standard InChI is InChI=1S/C26H19BrFN3O2/c1-15(32)31-23(18-9-5-6-10-20(18)28)14-22(30-31)25-24(16-7-3-2-4-8-16)19-13-17(27)11-12-21(19)29-26(25)33/h2-13,23H,14H2,1H3,(H,29,33)/t23-/m1/s1. The summed E-state index contributed by atoms with van der Waals surface area (Å²) in [7, 11) is 0. The molecule has 1 amide bonds. The SMILES string of the molecule is CC(=O)N1N=C(c2c(-c3ccccc3)c3cc(Br)ccc3[nH]c2=O)C[C@@H]1c1ccccc1F. The number of rotatable bonds is 3. The normalized spacial score (nSPS) is 15.7. The number of hydrogen-bond acceptors (Lipinski definition) is 3. The summed E-state index contributed by atoms with van der Waals surface area (Å²) < 4.78 is 15.5. The fourth-order valence-electron chi connectivity index (χ4n) is 4.38. The zero-order valence-corrected chi connectivity index (χ0v) is 19.3. The van der Waals surface area contributed by atoms with E-state index in [9.17, 15) is 14.0 Å². The number of amides is 1. The Labute approximate surface area is 197 Å². The lowest BCUT2D eigenvalue weighted by Crippen LogP contribution is -2.25. The van der Waals surface area contributed by atoms with Crippen LogP contribution in [0.15, 0.2) is 87.2 Å². The van der Waals surface area contributed by atoms with Crippen molar-refractivity contribution >= 4 is 38.5 Å². The van der Waals surface area contributed by atoms with Crippen molar-refractivity contribution in [1.82, 2.24) is 9.99 Å². The van der Waals surface area contributed by atoms with E-state index in [0.717, 1.165) is 21.0 Å². The Kier molecular flexibility index (Phi) is 5.42. The molecule has 33 heavy (non-hydrogen) atoms. The number of H-pyrrole nitrogens is 1. The lowest BCUT2D eigenvalue weighted by atomic mass is 9.91. The van der Waals surface area contributed by atoms with Gasteiger partial charge in [-0.05, 0) is 29.8 Å². The van der Waals surface area contributed by atoms with Gasteiger partial charge in [-0.25, -0.2) is 9.40 Å². The highest BCUT2D eigenvalue weighted by atomic mass is 79.9. The maximum absolute atomic E-state index is 14.6. The molecule has 1 aliphatic heterocycles. The number of pyridine rings is 1. The molecular formula is C26H19BrFN3O2. The Morgan fingerprint density at radius 3 is 2.52 bits per heavy atom. The van der Waals surface area contributed by atoms with Crippen molar-refractivity contribution in [3.63, 3.8) is 0 Å². The molecule has 7 heteroatoms. The van der Waals surface area contributed by atoms with Gasteiger partial charge in [0.1, 0.15) is 5.82 Å². The third-order valence-corrected chi connectivity index (χ3v) is 6.32. The number of carbonyl (C=O) groups excluding carboxylic acids is 1. The number of aromatic amines is 1. The number of hydrogen-bond donors (Lipinski definition) is 1. The summed E-state index contributed by atoms with van der Waals surface area (Å²) in [6, 6.07) is 21.0. The maximum Gasteiger partial charge on any atom is 0.258 e. The first-order valence-electron chi connectivity index (χ1n) is 10.5. The first-order valence-corrected chi connectivity index (χ1v) is 11.3. The Hall–Kier alpha value is -3.58. The quantitative estimate of drug-likeness (QED) is 0.384. The number of hydrazone groups is 1. The summed E-state index contributed by atoms with van der Waals surface area (Å²) in [5.74, 6) is -0.732. The van der Waals surface area contributed by atoms with Crippen LogP contribution in [0.2, 0.25) is 0 Å². The lowest BCUT2D eigenvalue weighted by Gasteiger charge is -2.20. The number of fused-ring (bicyclic) bond motifs is 1. The van der Waals surface area contributed by atoms with Crippen molar-refractivity contribution in [2.75, 3.05) is 0 Å². The highest BCUT2D eigenvalue weighted by Crippen LogP contribution is 2.38. The number of halogens is 2. The maximum atomic E-state index is 14.6. The van der Waals surface area contributed by atoms with Crippen LogP contribution in [-0.4, -0.2) is 21.6 Å². The predicted octanol–water partition coefficient (Wildman–Crippen LogP) is 5.79. The van der Waals surface area contributed by atoms with Crippen LogP contribution in [0.1, 0.15) is 30.5 Å². The van der Waals surface area contributed by atoms with Crippen LogP contribution in [0, 0.1) is 5.82 Å². The van der Waals surface area contributed by atoms with Gasteiger partial charge in [0.05, 0.1) is 17.3 Å². The fourth-order valence-corrected chi connectivity index (χ4v) is 4.75. The van der Waals surface area contributed by atoms with E-state index in [1.165, 1.54) is 18.0 Å². The Bertz CT molecular complexity index is 1480. The number of nitrogens with one attached hydrogen (secondary N) is 1. The van der Waals surface area contributed by atoms with E-state index >= 15 is 0 Å². The summed E-state index contributed by atoms with van der Waals surface area (Å²) in [6.07, 6.45) is 0.225. The molecular weight excluding hydrogens is 485 g/mol. The van der Waals surface area contributed by atoms with Crippen molar-refractivity contribution < 1.29 is 9.18 Å². The van der Waals surface area contributed by atoms with Gasteiger partial charge in [-0.2, -0.15) is 5.10 Å². The minimum absolute atomic E-state index is 0.225. The molecule has 0 spiro atoms. The van der Waals surface area contributed by atoms with Gasteiger partial charge in [-0.15, -0.1) is 0 Å². The molecule has 0 saturated heterocycles. The molecule has 1 aliphatic rings. The molecule has 1 atom stereocenters. The molecule has 0 unspecified atom stereocenters.